The summed E-state index contributed by atoms with van der Waals surface area (Å²) in [6, 6.07) is 47.0. The number of hydrogen-bond donors (Lipinski definition) is 2. The maximum absolute atomic E-state index is 14.6. The number of aromatic nitrogens is 6. The Morgan fingerprint density at radius 3 is 1.06 bits per heavy atom. The fourth-order valence-electron chi connectivity index (χ4n) is 19.2. The number of morpholine rings is 2. The van der Waals surface area contributed by atoms with Crippen LogP contribution in [0.4, 0.5) is 127 Å². The van der Waals surface area contributed by atoms with Crippen molar-refractivity contribution in [2.75, 3.05) is 212 Å². The van der Waals surface area contributed by atoms with Crippen molar-refractivity contribution < 1.29 is 78.6 Å². The molecule has 144 heavy (non-hydrogen) atoms. The van der Waals surface area contributed by atoms with Crippen LogP contribution in [0.25, 0.3) is 0 Å². The molecular weight excluding hydrogens is 1860 g/mol. The van der Waals surface area contributed by atoms with Gasteiger partial charge in [-0.2, -0.15) is 36.3 Å². The van der Waals surface area contributed by atoms with Crippen LogP contribution in [-0.4, -0.2) is 229 Å². The number of methoxy groups -OCH3 is 6. The number of amides is 6. The summed E-state index contributed by atoms with van der Waals surface area (Å²) in [6.07, 6.45) is -3.52. The predicted octanol–water partition coefficient (Wildman–Crippen LogP) is 19.5. The summed E-state index contributed by atoms with van der Waals surface area (Å²) in [5.41, 5.74) is 15.0. The molecule has 31 nitrogen and oxygen atoms in total. The summed E-state index contributed by atoms with van der Waals surface area (Å²) >= 11 is 0. The average Bonchev–Trinajstić information content (AvgIpc) is 0.750. The zero-order valence-electron chi connectivity index (χ0n) is 83.2. The number of carbonyl (C=O) groups is 3. The molecule has 4 fully saturated rings. The number of likely N-dealkylation sites (N-methyl/N-ethyl adjacent to an activating group) is 2. The van der Waals surface area contributed by atoms with E-state index >= 15 is 0 Å². The summed E-state index contributed by atoms with van der Waals surface area (Å²) in [5.74, 6) is 4.80. The minimum atomic E-state index is -4.56. The van der Waals surface area contributed by atoms with E-state index in [1.54, 1.807) is 95.9 Å². The van der Waals surface area contributed by atoms with Gasteiger partial charge in [0, 0.05) is 174 Å². The Morgan fingerprint density at radius 2 is 0.701 bits per heavy atom. The first-order valence-electron chi connectivity index (χ1n) is 47.7. The van der Waals surface area contributed by atoms with E-state index in [0.29, 0.717) is 138 Å². The Bertz CT molecular complexity index is 6650. The van der Waals surface area contributed by atoms with E-state index in [9.17, 15) is 40.7 Å². The summed E-state index contributed by atoms with van der Waals surface area (Å²) < 4.78 is 128. The number of halogens is 6. The van der Waals surface area contributed by atoms with Crippen molar-refractivity contribution in [2.45, 2.75) is 93.0 Å². The van der Waals surface area contributed by atoms with E-state index in [4.69, 9.17) is 57.8 Å². The molecule has 6 amide bonds. The van der Waals surface area contributed by atoms with Crippen molar-refractivity contribution in [3.8, 4) is 34.5 Å². The molecule has 19 rings (SSSR count). The van der Waals surface area contributed by atoms with Gasteiger partial charge in [-0.15, -0.1) is 0 Å². The molecule has 0 unspecified atom stereocenters. The lowest BCUT2D eigenvalue weighted by Crippen LogP contribution is -2.46. The molecule has 10 heterocycles. The van der Waals surface area contributed by atoms with Crippen molar-refractivity contribution >= 4 is 104 Å². The minimum absolute atomic E-state index is 0.0335. The molecule has 0 spiro atoms. The summed E-state index contributed by atoms with van der Waals surface area (Å²) in [5, 5.41) is 5.97. The largest absolute Gasteiger partial charge is 0.497 e. The molecule has 0 radical (unpaired) electrons. The highest BCUT2D eigenvalue weighted by Crippen LogP contribution is 2.49. The molecule has 4 saturated heterocycles. The number of rotatable bonds is 24. The standard InChI is InChI=1S/C38H45N7O4.C35H38F3N7O3.C34H35F3N6O4/c1-26-7-6-8-27(2)36(26)44-25-29-24-39-35(40-37(29)45(38(44)46)33-10-9-32(47-4)23-34(33)48-5)21-28-19-30(42-13-11-41(3)12-14-42)22-31(20-28)43-15-17-49-18-16-43;1-22-7-6-8-23(2)31(22)44-21-25-19-39-33(41-32(25)45(34(44)46)29-10-9-28(47-4)18-30(29)48-5)40-27-16-24(15-26(17-27)35(36,37)38)20-43-13-11-42(3)12-14-43;1-21-6-5-7-22(2)30(21)42-20-24-18-38-32(40-31(24)43(33(42)44)28-9-8-27(45-3)17-29(28)46-4)39-26-15-23(14-25(16-26)34(35,36)37)19-41-10-12-47-13-11-41/h6-10,19-20,22-24H,11-18,21,25H2,1-5H3;6-10,15-19H,11-14,20-21H2,1-5H3,(H,39,40,41);5-9,14-18H,10-13,19-20H2,1-4H3,(H,38,39,40). The van der Waals surface area contributed by atoms with E-state index in [1.165, 1.54) is 55.7 Å². The van der Waals surface area contributed by atoms with E-state index < -0.39 is 23.5 Å². The van der Waals surface area contributed by atoms with Crippen LogP contribution in [0.3, 0.4) is 0 Å². The monoisotopic (exact) mass is 1970 g/mol. The Hall–Kier alpha value is -14.6. The first-order chi connectivity index (χ1) is 69.3. The van der Waals surface area contributed by atoms with Gasteiger partial charge in [0.2, 0.25) is 11.9 Å². The van der Waals surface area contributed by atoms with Crippen LogP contribution in [0, 0.1) is 41.5 Å². The number of benzene rings is 9. The van der Waals surface area contributed by atoms with Gasteiger partial charge in [0.05, 0.1) is 134 Å². The quantitative estimate of drug-likeness (QED) is 0.0532. The van der Waals surface area contributed by atoms with Crippen molar-refractivity contribution in [1.29, 1.82) is 0 Å². The molecule has 2 N–H and O–H groups in total. The highest BCUT2D eigenvalue weighted by molar-refractivity contribution is 6.14. The number of urea groups is 3. The predicted molar refractivity (Wildman–Crippen MR) is 544 cm³/mol. The Labute approximate surface area is 833 Å². The third-order valence-electron chi connectivity index (χ3n) is 26.7. The Morgan fingerprint density at radius 1 is 0.361 bits per heavy atom. The van der Waals surface area contributed by atoms with E-state index in [1.807, 2.05) is 131 Å². The van der Waals surface area contributed by atoms with Gasteiger partial charge in [0.1, 0.15) is 46.1 Å². The average molecular weight is 1970 g/mol. The second-order valence-electron chi connectivity index (χ2n) is 36.6. The molecule has 0 aliphatic carbocycles. The maximum atomic E-state index is 14.6. The third-order valence-corrected chi connectivity index (χ3v) is 26.7. The highest BCUT2D eigenvalue weighted by atomic mass is 19.4. The molecule has 9 aromatic carbocycles. The van der Waals surface area contributed by atoms with Gasteiger partial charge in [-0.05, 0) is 197 Å². The fourth-order valence-corrected chi connectivity index (χ4v) is 19.2. The fraction of sp³-hybridized carbons (Fsp3) is 0.355. The minimum Gasteiger partial charge on any atom is -0.497 e. The van der Waals surface area contributed by atoms with E-state index in [-0.39, 0.29) is 66.1 Å². The lowest BCUT2D eigenvalue weighted by molar-refractivity contribution is -0.138. The van der Waals surface area contributed by atoms with Crippen molar-refractivity contribution in [3.63, 3.8) is 0 Å². The van der Waals surface area contributed by atoms with Crippen molar-refractivity contribution in [3.05, 3.63) is 266 Å². The summed E-state index contributed by atoms with van der Waals surface area (Å²) in [7, 11) is 13.5. The molecule has 37 heteroatoms. The second kappa shape index (κ2) is 43.7. The molecule has 754 valence electrons. The number of carbonyl (C=O) groups excluding carboxylic acids is 3. The normalized spacial score (nSPS) is 16.1. The zero-order chi connectivity index (χ0) is 102. The molecule has 0 saturated carbocycles. The number of nitrogens with one attached hydrogen (secondary N) is 2. The number of fused-ring (bicyclic) bond motifs is 3. The van der Waals surface area contributed by atoms with Crippen LogP contribution < -0.4 is 78.3 Å². The van der Waals surface area contributed by atoms with Gasteiger partial charge in [-0.1, -0.05) is 54.6 Å². The summed E-state index contributed by atoms with van der Waals surface area (Å²) in [4.78, 5) is 95.2. The SMILES string of the molecule is COc1ccc(N2C(=O)N(c3c(C)cccc3C)Cc3cnc(Cc4cc(N5CCOCC5)cc(N5CCN(C)CC5)c4)nc32)c(OC)c1.COc1ccc(N2C(=O)N(c3c(C)cccc3C)Cc3cnc(Nc4cc(CN5CCN(C)CC5)cc(C(F)(F)F)c4)nc32)c(OC)c1.COc1ccc(N2C(=O)N(c3c(C)cccc3C)Cc3cnc(Nc4cc(CN5CCOCC5)cc(C(F)(F)F)c4)nc32)c(OC)c1. The molecule has 7 aliphatic rings. The van der Waals surface area contributed by atoms with Gasteiger partial charge in [-0.3, -0.25) is 24.5 Å². The number of hydrogen-bond acceptors (Lipinski definition) is 25. The first kappa shape index (κ1) is 101. The van der Waals surface area contributed by atoms with Crippen LogP contribution in [-0.2, 0) is 61.0 Å². The van der Waals surface area contributed by atoms with Gasteiger partial charge >= 0.3 is 30.4 Å². The lowest BCUT2D eigenvalue weighted by atomic mass is 10.1. The number of para-hydroxylation sites is 3. The van der Waals surface area contributed by atoms with Gasteiger partial charge in [-0.25, -0.2) is 49.0 Å². The van der Waals surface area contributed by atoms with Crippen LogP contribution in [0.1, 0.15) is 83.7 Å². The number of ether oxygens (including phenoxy) is 8. The Kier molecular flexibility index (Phi) is 30.6. The van der Waals surface area contributed by atoms with E-state index in [2.05, 4.69) is 70.3 Å². The van der Waals surface area contributed by atoms with Crippen LogP contribution in [0.2, 0.25) is 0 Å². The van der Waals surface area contributed by atoms with E-state index in [0.717, 1.165) is 158 Å². The molecule has 12 aromatic rings. The topological polar surface area (TPSA) is 265 Å². The number of nitrogens with zero attached hydrogens (tertiary/aromatic N) is 18. The van der Waals surface area contributed by atoms with Crippen molar-refractivity contribution in [2.24, 2.45) is 0 Å². The van der Waals surface area contributed by atoms with Crippen LogP contribution in [0.15, 0.2) is 182 Å². The third kappa shape index (κ3) is 22.4. The number of piperazine rings is 2. The smallest absolute Gasteiger partial charge is 0.416 e. The number of aryl methyl sites for hydroxylation is 6. The van der Waals surface area contributed by atoms with Crippen LogP contribution in [0.5, 0.6) is 34.5 Å². The van der Waals surface area contributed by atoms with Crippen LogP contribution >= 0.6 is 0 Å². The molecule has 0 atom stereocenters. The lowest BCUT2D eigenvalue weighted by Gasteiger charge is -2.37. The van der Waals surface area contributed by atoms with Gasteiger partial charge < -0.3 is 68.1 Å². The number of anilines is 15. The Balaban J connectivity index is 0.000000148. The highest BCUT2D eigenvalue weighted by Gasteiger charge is 2.43. The molecule has 7 aliphatic heterocycles. The zero-order valence-corrected chi connectivity index (χ0v) is 83.2. The van der Waals surface area contributed by atoms with Gasteiger partial charge in [0.15, 0.2) is 11.6 Å². The summed E-state index contributed by atoms with van der Waals surface area (Å²) in [6.45, 7) is 26.0. The van der Waals surface area contributed by atoms with Crippen molar-refractivity contribution in [1.82, 2.24) is 49.5 Å². The maximum Gasteiger partial charge on any atom is 0.416 e. The second-order valence-corrected chi connectivity index (χ2v) is 36.6. The first-order valence-corrected chi connectivity index (χ1v) is 47.7. The molecule has 0 bridgehead atoms. The molecule has 3 aromatic heterocycles. The molecular formula is C107H118F6N20O11. The van der Waals surface area contributed by atoms with Gasteiger partial charge in [0.25, 0.3) is 0 Å². The number of alkyl halides is 6.